The average molecular weight is 553 g/mol. The Labute approximate surface area is 212 Å². The van der Waals surface area contributed by atoms with E-state index in [1.54, 1.807) is 0 Å². The lowest BCUT2D eigenvalue weighted by atomic mass is 9.46. The fraction of sp³-hybridized carbons (Fsp3) is 0.625. The van der Waals surface area contributed by atoms with Crippen LogP contribution in [0.1, 0.15) is 44.1 Å². The van der Waals surface area contributed by atoms with Crippen LogP contribution in [-0.2, 0) is 16.9 Å². The predicted octanol–water partition coefficient (Wildman–Crippen LogP) is 4.99. The van der Waals surface area contributed by atoms with Gasteiger partial charge in [-0.05, 0) is 78.4 Å². The van der Waals surface area contributed by atoms with E-state index in [4.69, 9.17) is 23.2 Å². The Morgan fingerprint density at radius 2 is 1.73 bits per heavy atom. The van der Waals surface area contributed by atoms with E-state index in [1.165, 1.54) is 6.42 Å². The van der Waals surface area contributed by atoms with Crippen molar-refractivity contribution in [3.8, 4) is 0 Å². The number of halogens is 3. The first-order valence-corrected chi connectivity index (χ1v) is 13.4. The molecule has 2 aromatic rings. The quantitative estimate of drug-likeness (QED) is 0.536. The lowest BCUT2D eigenvalue weighted by molar-refractivity contribution is -0.168. The molecule has 2 heterocycles. The Bertz CT molecular complexity index is 1050. The van der Waals surface area contributed by atoms with Crippen molar-refractivity contribution in [2.75, 3.05) is 26.2 Å². The zero-order valence-electron chi connectivity index (χ0n) is 18.5. The minimum Gasteiger partial charge on any atom is -0.340 e. The summed E-state index contributed by atoms with van der Waals surface area (Å²) >= 11 is 16.2. The molecule has 33 heavy (non-hydrogen) atoms. The van der Waals surface area contributed by atoms with Crippen LogP contribution in [0.25, 0.3) is 0 Å². The number of carbonyl (C=O) groups is 1. The van der Waals surface area contributed by atoms with Gasteiger partial charge in [0.05, 0.1) is 11.0 Å². The summed E-state index contributed by atoms with van der Waals surface area (Å²) in [5.41, 5.74) is 0.681. The maximum Gasteiger partial charge on any atom is 0.228 e. The molecule has 1 aromatic carbocycles. The van der Waals surface area contributed by atoms with Gasteiger partial charge in [0, 0.05) is 48.3 Å². The van der Waals surface area contributed by atoms with Crippen molar-refractivity contribution >= 4 is 45.0 Å². The summed E-state index contributed by atoms with van der Waals surface area (Å²) in [7, 11) is 0. The molecule has 1 saturated heterocycles. The molecule has 7 rings (SSSR count). The fourth-order valence-corrected chi connectivity index (χ4v) is 8.33. The predicted molar refractivity (Wildman–Crippen MR) is 131 cm³/mol. The molecule has 4 saturated carbocycles. The van der Waals surface area contributed by atoms with Crippen LogP contribution < -0.4 is 0 Å². The molecule has 0 radical (unpaired) electrons. The summed E-state index contributed by atoms with van der Waals surface area (Å²) in [6.45, 7) is 3.94. The molecule has 9 heteroatoms. The van der Waals surface area contributed by atoms with Gasteiger partial charge in [0.1, 0.15) is 6.33 Å². The van der Waals surface area contributed by atoms with Crippen LogP contribution in [0, 0.1) is 17.3 Å². The Kier molecular flexibility index (Phi) is 5.56. The lowest BCUT2D eigenvalue weighted by Crippen LogP contribution is -2.62. The number of hydrogen-bond acceptors (Lipinski definition) is 4. The van der Waals surface area contributed by atoms with Gasteiger partial charge in [0.15, 0.2) is 0 Å². The number of benzene rings is 1. The van der Waals surface area contributed by atoms with Crippen LogP contribution in [0.2, 0.25) is 10.0 Å². The molecule has 4 aliphatic carbocycles. The Morgan fingerprint density at radius 3 is 2.33 bits per heavy atom. The first-order valence-electron chi connectivity index (χ1n) is 11.9. The monoisotopic (exact) mass is 551 g/mol. The van der Waals surface area contributed by atoms with E-state index in [0.29, 0.717) is 32.5 Å². The van der Waals surface area contributed by atoms with Crippen LogP contribution >= 0.6 is 39.1 Å². The van der Waals surface area contributed by atoms with Gasteiger partial charge < -0.3 is 4.90 Å². The molecule has 1 aliphatic heterocycles. The second kappa shape index (κ2) is 8.21. The third-order valence-electron chi connectivity index (χ3n) is 8.54. The molecule has 5 aliphatic rings. The molecular formula is C24H28BrCl2N5O. The summed E-state index contributed by atoms with van der Waals surface area (Å²) in [5.74, 6) is 1.60. The number of rotatable bonds is 4. The van der Waals surface area contributed by atoms with Gasteiger partial charge in [-0.25, -0.2) is 9.67 Å². The molecule has 1 amide bonds. The highest BCUT2D eigenvalue weighted by Crippen LogP contribution is 2.64. The third kappa shape index (κ3) is 3.83. The smallest absolute Gasteiger partial charge is 0.228 e. The first kappa shape index (κ1) is 22.3. The first-order chi connectivity index (χ1) is 15.9. The van der Waals surface area contributed by atoms with Gasteiger partial charge in [0.25, 0.3) is 0 Å². The summed E-state index contributed by atoms with van der Waals surface area (Å²) in [5, 5.41) is 6.05. The van der Waals surface area contributed by atoms with Crippen molar-refractivity contribution in [2.24, 2.45) is 17.3 Å². The second-order valence-electron chi connectivity index (χ2n) is 10.7. The topological polar surface area (TPSA) is 54.3 Å². The molecule has 2 atom stereocenters. The SMILES string of the molecule is O=C(N1CCN(Cc2c(Cl)cccc2Cl)CC1)C12CC3CC(C1)CC(n1cnc(Br)n1)(C3)C2. The third-order valence-corrected chi connectivity index (χ3v) is 9.61. The summed E-state index contributed by atoms with van der Waals surface area (Å²) in [6, 6.07) is 5.65. The van der Waals surface area contributed by atoms with Crippen molar-refractivity contribution in [3.63, 3.8) is 0 Å². The van der Waals surface area contributed by atoms with Crippen LogP contribution in [-0.4, -0.2) is 56.7 Å². The van der Waals surface area contributed by atoms with E-state index in [0.717, 1.165) is 70.4 Å². The fourth-order valence-electron chi connectivity index (χ4n) is 7.56. The van der Waals surface area contributed by atoms with Crippen molar-refractivity contribution in [1.82, 2.24) is 24.6 Å². The molecule has 4 bridgehead atoms. The maximum atomic E-state index is 14.0. The Balaban J connectivity index is 1.17. The number of piperazine rings is 1. The van der Waals surface area contributed by atoms with Gasteiger partial charge in [-0.3, -0.25) is 9.69 Å². The van der Waals surface area contributed by atoms with E-state index >= 15 is 0 Å². The Morgan fingerprint density at radius 1 is 1.06 bits per heavy atom. The van der Waals surface area contributed by atoms with Gasteiger partial charge >= 0.3 is 0 Å². The van der Waals surface area contributed by atoms with Gasteiger partial charge in [0.2, 0.25) is 10.6 Å². The average Bonchev–Trinajstić information content (AvgIpc) is 3.23. The van der Waals surface area contributed by atoms with Gasteiger partial charge in [-0.1, -0.05) is 29.3 Å². The van der Waals surface area contributed by atoms with Gasteiger partial charge in [-0.15, -0.1) is 5.10 Å². The number of aromatic nitrogens is 3. The summed E-state index contributed by atoms with van der Waals surface area (Å²) in [6.07, 6.45) is 8.34. The molecule has 5 fully saturated rings. The highest BCUT2D eigenvalue weighted by atomic mass is 79.9. The lowest BCUT2D eigenvalue weighted by Gasteiger charge is -2.61. The van der Waals surface area contributed by atoms with E-state index in [2.05, 4.69) is 40.5 Å². The number of hydrogen-bond donors (Lipinski definition) is 0. The van der Waals surface area contributed by atoms with Gasteiger partial charge in [-0.2, -0.15) is 0 Å². The van der Waals surface area contributed by atoms with Crippen molar-refractivity contribution in [2.45, 2.75) is 50.6 Å². The zero-order valence-corrected chi connectivity index (χ0v) is 21.6. The molecule has 6 nitrogen and oxygen atoms in total. The molecule has 176 valence electrons. The minimum atomic E-state index is -0.239. The van der Waals surface area contributed by atoms with Crippen LogP contribution in [0.15, 0.2) is 29.3 Å². The molecule has 0 spiro atoms. The Hall–Kier alpha value is -1.15. The van der Waals surface area contributed by atoms with E-state index in [-0.39, 0.29) is 11.0 Å². The van der Waals surface area contributed by atoms with Crippen LogP contribution in [0.4, 0.5) is 0 Å². The molecule has 1 aromatic heterocycles. The molecular weight excluding hydrogens is 525 g/mol. The van der Waals surface area contributed by atoms with Crippen LogP contribution in [0.5, 0.6) is 0 Å². The second-order valence-corrected chi connectivity index (χ2v) is 12.2. The zero-order chi connectivity index (χ0) is 22.8. The van der Waals surface area contributed by atoms with Crippen LogP contribution in [0.3, 0.4) is 0 Å². The molecule has 0 N–H and O–H groups in total. The van der Waals surface area contributed by atoms with E-state index < -0.39 is 0 Å². The van der Waals surface area contributed by atoms with Crippen molar-refractivity contribution in [3.05, 3.63) is 44.9 Å². The van der Waals surface area contributed by atoms with E-state index in [9.17, 15) is 4.79 Å². The highest BCUT2D eigenvalue weighted by Gasteiger charge is 2.62. The number of carbonyl (C=O) groups excluding carboxylic acids is 1. The highest BCUT2D eigenvalue weighted by molar-refractivity contribution is 9.10. The summed E-state index contributed by atoms with van der Waals surface area (Å²) in [4.78, 5) is 22.8. The normalized spacial score (nSPS) is 33.6. The number of amides is 1. The van der Waals surface area contributed by atoms with E-state index in [1.807, 2.05) is 24.5 Å². The largest absolute Gasteiger partial charge is 0.340 e. The van der Waals surface area contributed by atoms with Crippen molar-refractivity contribution in [1.29, 1.82) is 0 Å². The maximum absolute atomic E-state index is 14.0. The number of nitrogens with zero attached hydrogens (tertiary/aromatic N) is 5. The minimum absolute atomic E-state index is 0.0542. The van der Waals surface area contributed by atoms with Crippen molar-refractivity contribution < 1.29 is 4.79 Å². The molecule has 2 unspecified atom stereocenters. The summed E-state index contributed by atoms with van der Waals surface area (Å²) < 4.78 is 2.70. The standard InChI is InChI=1S/C24H28BrCl2N5O/c25-22-28-15-32(29-22)24-11-16-8-17(12-24)10-23(9-16,14-24)21(33)31-6-4-30(5-7-31)13-18-19(26)2-1-3-20(18)27/h1-3,15-17H,4-14H2.